The second kappa shape index (κ2) is 17.1. The van der Waals surface area contributed by atoms with Crippen LogP contribution in [-0.2, 0) is 38.1 Å². The van der Waals surface area contributed by atoms with Gasteiger partial charge in [0.25, 0.3) is 0 Å². The molecule has 2 aromatic rings. The molecule has 1 heteroatoms. The SMILES string of the molecule is CCCCCCCCCCC1(CCCCCCCCCC)c2c[c-]ccc2-c2ccc(C)cc21.[Y+3]. The summed E-state index contributed by atoms with van der Waals surface area (Å²) in [5, 5.41) is 0. The molecule has 0 saturated carbocycles. The van der Waals surface area contributed by atoms with Gasteiger partial charge in [0.15, 0.2) is 0 Å². The van der Waals surface area contributed by atoms with E-state index in [-0.39, 0.29) is 38.1 Å². The van der Waals surface area contributed by atoms with Gasteiger partial charge in [-0.2, -0.15) is 24.3 Å². The fourth-order valence-electron chi connectivity index (χ4n) is 6.28. The molecule has 188 valence electrons. The summed E-state index contributed by atoms with van der Waals surface area (Å²) in [5.74, 6) is 0. The molecule has 3 rings (SSSR count). The fraction of sp³-hybridized carbons (Fsp3) is 0.647. The Kier molecular flexibility index (Phi) is 15.1. The zero-order valence-electron chi connectivity index (χ0n) is 23.3. The van der Waals surface area contributed by atoms with Crippen molar-refractivity contribution in [1.82, 2.24) is 0 Å². The molecule has 0 unspecified atom stereocenters. The first kappa shape index (κ1) is 30.8. The predicted octanol–water partition coefficient (Wildman–Crippen LogP) is 11.1. The van der Waals surface area contributed by atoms with Gasteiger partial charge in [0.05, 0.1) is 0 Å². The Morgan fingerprint density at radius 1 is 0.600 bits per heavy atom. The number of hydrogen-bond acceptors (Lipinski definition) is 0. The van der Waals surface area contributed by atoms with Crippen molar-refractivity contribution in [3.05, 3.63) is 59.2 Å². The summed E-state index contributed by atoms with van der Waals surface area (Å²) in [6.07, 6.45) is 25.0. The minimum absolute atomic E-state index is 0. The standard InChI is InChI=1S/C34H51.Y/c1-4-6-8-10-12-14-16-20-26-34(27-21-17-15-13-11-9-7-5-2)32-23-19-18-22-30(32)31-25-24-29(3)28-33(31)34;/h18,22-25,28H,4-17,20-21,26-27H2,1-3H3;/q-1;+3. The fourth-order valence-corrected chi connectivity index (χ4v) is 6.28. The van der Waals surface area contributed by atoms with E-state index < -0.39 is 0 Å². The Bertz CT molecular complexity index is 816. The van der Waals surface area contributed by atoms with E-state index in [0.717, 1.165) is 0 Å². The van der Waals surface area contributed by atoms with Crippen molar-refractivity contribution < 1.29 is 32.7 Å². The van der Waals surface area contributed by atoms with E-state index in [2.05, 4.69) is 63.2 Å². The minimum atomic E-state index is 0. The minimum Gasteiger partial charge on any atom is -0.183 e. The van der Waals surface area contributed by atoms with Crippen LogP contribution in [0.3, 0.4) is 0 Å². The van der Waals surface area contributed by atoms with E-state index in [9.17, 15) is 0 Å². The van der Waals surface area contributed by atoms with Crippen molar-refractivity contribution in [2.45, 2.75) is 142 Å². The maximum atomic E-state index is 3.46. The van der Waals surface area contributed by atoms with Crippen LogP contribution in [0.2, 0.25) is 0 Å². The van der Waals surface area contributed by atoms with Gasteiger partial charge in [-0.15, -0.1) is 11.1 Å². The maximum Gasteiger partial charge on any atom is 3.00 e. The van der Waals surface area contributed by atoms with Gasteiger partial charge in [0.2, 0.25) is 0 Å². The average Bonchev–Trinajstić information content (AvgIpc) is 3.12. The number of rotatable bonds is 18. The number of hydrogen-bond donors (Lipinski definition) is 0. The molecular weight excluding hydrogens is 497 g/mol. The van der Waals surface area contributed by atoms with Crippen molar-refractivity contribution in [2.24, 2.45) is 0 Å². The first-order chi connectivity index (χ1) is 16.7. The predicted molar refractivity (Wildman–Crippen MR) is 151 cm³/mol. The summed E-state index contributed by atoms with van der Waals surface area (Å²) in [6.45, 7) is 6.89. The molecule has 0 saturated heterocycles. The summed E-state index contributed by atoms with van der Waals surface area (Å²) in [7, 11) is 0. The molecule has 0 fully saturated rings. The Hall–Kier alpha value is -0.456. The second-order valence-electron chi connectivity index (χ2n) is 11.1. The van der Waals surface area contributed by atoms with Crippen LogP contribution in [-0.4, -0.2) is 0 Å². The van der Waals surface area contributed by atoms with Crippen LogP contribution in [0.5, 0.6) is 0 Å². The van der Waals surface area contributed by atoms with Crippen LogP contribution in [0.4, 0.5) is 0 Å². The van der Waals surface area contributed by atoms with Crippen molar-refractivity contribution in [3.8, 4) is 11.1 Å². The van der Waals surface area contributed by atoms with Crippen molar-refractivity contribution in [2.75, 3.05) is 0 Å². The molecule has 0 heterocycles. The van der Waals surface area contributed by atoms with E-state index in [0.29, 0.717) is 0 Å². The number of aryl methyl sites for hydroxylation is 1. The molecule has 0 N–H and O–H groups in total. The first-order valence-corrected chi connectivity index (χ1v) is 14.8. The summed E-state index contributed by atoms with van der Waals surface area (Å²) >= 11 is 0. The van der Waals surface area contributed by atoms with E-state index in [1.807, 2.05) is 0 Å². The Morgan fingerprint density at radius 2 is 1.09 bits per heavy atom. The van der Waals surface area contributed by atoms with Crippen LogP contribution in [0.1, 0.15) is 146 Å². The molecule has 0 amide bonds. The number of fused-ring (bicyclic) bond motifs is 3. The van der Waals surface area contributed by atoms with Crippen LogP contribution in [0.25, 0.3) is 11.1 Å². The van der Waals surface area contributed by atoms with Crippen LogP contribution < -0.4 is 0 Å². The van der Waals surface area contributed by atoms with Gasteiger partial charge < -0.3 is 0 Å². The summed E-state index contributed by atoms with van der Waals surface area (Å²) in [6, 6.07) is 17.5. The number of benzene rings is 2. The molecule has 1 aliphatic rings. The number of unbranched alkanes of at least 4 members (excludes halogenated alkanes) is 14. The van der Waals surface area contributed by atoms with Gasteiger partial charge in [0, 0.05) is 0 Å². The summed E-state index contributed by atoms with van der Waals surface area (Å²) in [5.41, 5.74) is 7.78. The molecule has 0 spiro atoms. The van der Waals surface area contributed by atoms with Gasteiger partial charge in [0.1, 0.15) is 0 Å². The largest absolute Gasteiger partial charge is 3.00 e. The van der Waals surface area contributed by atoms with Crippen molar-refractivity contribution >= 4 is 0 Å². The Balaban J connectivity index is 0.00000432. The third-order valence-corrected chi connectivity index (χ3v) is 8.27. The smallest absolute Gasteiger partial charge is 0.183 e. The van der Waals surface area contributed by atoms with Gasteiger partial charge in [-0.25, -0.2) is 0 Å². The normalized spacial score (nSPS) is 13.3. The molecular formula is C34H51Y+2. The molecule has 2 aromatic carbocycles. The summed E-state index contributed by atoms with van der Waals surface area (Å²) in [4.78, 5) is 0. The molecule has 0 nitrogen and oxygen atoms in total. The maximum absolute atomic E-state index is 3.46. The molecule has 0 bridgehead atoms. The molecule has 0 aromatic heterocycles. The van der Waals surface area contributed by atoms with Gasteiger partial charge >= 0.3 is 32.7 Å². The quantitative estimate of drug-likeness (QED) is 0.128. The van der Waals surface area contributed by atoms with Crippen LogP contribution in [0.15, 0.2) is 36.4 Å². The molecule has 35 heavy (non-hydrogen) atoms. The molecule has 0 atom stereocenters. The van der Waals surface area contributed by atoms with E-state index in [4.69, 9.17) is 0 Å². The van der Waals surface area contributed by atoms with E-state index in [1.54, 1.807) is 11.1 Å². The second-order valence-corrected chi connectivity index (χ2v) is 11.1. The Labute approximate surface area is 243 Å². The molecule has 0 radical (unpaired) electrons. The Morgan fingerprint density at radius 3 is 1.63 bits per heavy atom. The molecule has 1 aliphatic carbocycles. The summed E-state index contributed by atoms with van der Waals surface area (Å²) < 4.78 is 0. The van der Waals surface area contributed by atoms with Crippen LogP contribution >= 0.6 is 0 Å². The first-order valence-electron chi connectivity index (χ1n) is 14.8. The van der Waals surface area contributed by atoms with Gasteiger partial charge in [-0.1, -0.05) is 153 Å². The monoisotopic (exact) mass is 548 g/mol. The van der Waals surface area contributed by atoms with Gasteiger partial charge in [-0.05, 0) is 23.5 Å². The topological polar surface area (TPSA) is 0 Å². The molecule has 0 aliphatic heterocycles. The zero-order chi connectivity index (χ0) is 24.1. The third kappa shape index (κ3) is 8.81. The van der Waals surface area contributed by atoms with Crippen molar-refractivity contribution in [1.29, 1.82) is 0 Å². The van der Waals surface area contributed by atoms with Crippen molar-refractivity contribution in [3.63, 3.8) is 0 Å². The van der Waals surface area contributed by atoms with Gasteiger partial charge in [-0.3, -0.25) is 0 Å². The zero-order valence-corrected chi connectivity index (χ0v) is 26.1. The van der Waals surface area contributed by atoms with Crippen LogP contribution in [0, 0.1) is 13.0 Å². The third-order valence-electron chi connectivity index (χ3n) is 8.27. The average molecular weight is 549 g/mol. The van der Waals surface area contributed by atoms with E-state index in [1.165, 1.54) is 132 Å². The van der Waals surface area contributed by atoms with E-state index >= 15 is 0 Å².